The Balaban J connectivity index is 2.53. The van der Waals surface area contributed by atoms with Crippen LogP contribution in [0.5, 0.6) is 0 Å². The maximum atomic E-state index is 13.7. The van der Waals surface area contributed by atoms with Crippen molar-refractivity contribution in [1.82, 2.24) is 9.97 Å². The van der Waals surface area contributed by atoms with Gasteiger partial charge in [-0.05, 0) is 30.2 Å². The van der Waals surface area contributed by atoms with E-state index in [0.717, 1.165) is 18.3 Å². The number of pyridine rings is 2. The van der Waals surface area contributed by atoms with Gasteiger partial charge in [0.1, 0.15) is 17.2 Å². The molecule has 0 radical (unpaired) electrons. The van der Waals surface area contributed by atoms with E-state index in [1.165, 1.54) is 13.0 Å². The van der Waals surface area contributed by atoms with Crippen molar-refractivity contribution >= 4 is 28.6 Å². The zero-order valence-electron chi connectivity index (χ0n) is 13.8. The van der Waals surface area contributed by atoms with Gasteiger partial charge in [0.15, 0.2) is 0 Å². The Morgan fingerprint density at radius 3 is 2.48 bits per heavy atom. The highest BCUT2D eigenvalue weighted by Gasteiger charge is 2.35. The van der Waals surface area contributed by atoms with Crippen LogP contribution >= 0.6 is 0 Å². The Kier molecular flexibility index (Phi) is 4.13. The van der Waals surface area contributed by atoms with Crippen LogP contribution in [0.2, 0.25) is 0 Å². The summed E-state index contributed by atoms with van der Waals surface area (Å²) in [6, 6.07) is 3.29. The number of alkyl halides is 3. The zero-order valence-corrected chi connectivity index (χ0v) is 13.8. The highest BCUT2D eigenvalue weighted by atomic mass is 19.4. The van der Waals surface area contributed by atoms with Crippen LogP contribution in [0.1, 0.15) is 16.8 Å². The highest BCUT2D eigenvalue weighted by molar-refractivity contribution is 6.05. The van der Waals surface area contributed by atoms with E-state index in [4.69, 9.17) is 16.9 Å². The van der Waals surface area contributed by atoms with Crippen molar-refractivity contribution in [2.24, 2.45) is 0 Å². The summed E-state index contributed by atoms with van der Waals surface area (Å²) in [6.07, 6.45) is -3.99. The zero-order chi connectivity index (χ0) is 20.1. The number of anilines is 2. The monoisotopic (exact) mass is 379 g/mol. The van der Waals surface area contributed by atoms with Crippen molar-refractivity contribution in [3.63, 3.8) is 0 Å². The van der Waals surface area contributed by atoms with Crippen molar-refractivity contribution in [2.45, 2.75) is 13.1 Å². The van der Waals surface area contributed by atoms with E-state index in [2.05, 4.69) is 9.97 Å². The number of hydrogen-bond donors (Lipinski definition) is 4. The third-order valence-electron chi connectivity index (χ3n) is 4.13. The molecule has 1 aromatic carbocycles. The number of rotatable bonds is 2. The number of H-pyrrole nitrogens is 1. The molecular weight excluding hydrogens is 366 g/mol. The van der Waals surface area contributed by atoms with E-state index in [1.54, 1.807) is 0 Å². The number of aromatic nitrogens is 2. The molecule has 0 saturated heterocycles. The van der Waals surface area contributed by atoms with Gasteiger partial charge in [0, 0.05) is 17.3 Å². The van der Waals surface area contributed by atoms with Gasteiger partial charge in [-0.25, -0.2) is 9.37 Å². The number of nitrogen functional groups attached to an aromatic ring is 2. The van der Waals surface area contributed by atoms with Crippen molar-refractivity contribution in [3.05, 3.63) is 51.2 Å². The molecule has 27 heavy (non-hydrogen) atoms. The fourth-order valence-electron chi connectivity index (χ4n) is 2.87. The highest BCUT2D eigenvalue weighted by Crippen LogP contribution is 2.37. The smallest absolute Gasteiger partial charge is 0.396 e. The Morgan fingerprint density at radius 2 is 1.89 bits per heavy atom. The van der Waals surface area contributed by atoms with Crippen LogP contribution in [0.4, 0.5) is 28.9 Å². The third-order valence-corrected chi connectivity index (χ3v) is 4.13. The minimum atomic E-state index is -4.73. The molecule has 3 rings (SSSR count). The molecule has 0 atom stereocenters. The number of halogens is 4. The van der Waals surface area contributed by atoms with Gasteiger partial charge in [0.2, 0.25) is 0 Å². The topological polar surface area (TPSA) is 122 Å². The molecule has 0 unspecified atom stereocenters. The van der Waals surface area contributed by atoms with E-state index < -0.39 is 34.6 Å². The summed E-state index contributed by atoms with van der Waals surface area (Å²) < 4.78 is 53.6. The molecule has 6 N–H and O–H groups in total. The van der Waals surface area contributed by atoms with Crippen LogP contribution in [0.25, 0.3) is 22.2 Å². The summed E-state index contributed by atoms with van der Waals surface area (Å²) in [6.45, 7) is 1.21. The molecular formula is C17H13F4N5O. The molecule has 2 heterocycles. The minimum absolute atomic E-state index is 0.0218. The Bertz CT molecular complexity index is 1150. The van der Waals surface area contributed by atoms with Crippen molar-refractivity contribution in [2.75, 3.05) is 11.5 Å². The summed E-state index contributed by atoms with van der Waals surface area (Å²) in [5.74, 6) is -0.815. The van der Waals surface area contributed by atoms with Gasteiger partial charge in [-0.1, -0.05) is 6.07 Å². The Hall–Kier alpha value is -3.43. The number of nitrogens with two attached hydrogens (primary N) is 2. The molecule has 0 aliphatic heterocycles. The summed E-state index contributed by atoms with van der Waals surface area (Å²) >= 11 is 0. The second-order valence-corrected chi connectivity index (χ2v) is 5.86. The second-order valence-electron chi connectivity index (χ2n) is 5.86. The van der Waals surface area contributed by atoms with Crippen LogP contribution in [0.3, 0.4) is 0 Å². The van der Waals surface area contributed by atoms with Gasteiger partial charge in [-0.2, -0.15) is 13.2 Å². The first-order chi connectivity index (χ1) is 12.6. The number of nitrogens with one attached hydrogen (secondary N) is 2. The number of benzene rings is 1. The third kappa shape index (κ3) is 2.88. The van der Waals surface area contributed by atoms with Gasteiger partial charge >= 0.3 is 6.18 Å². The molecule has 0 saturated carbocycles. The van der Waals surface area contributed by atoms with Crippen LogP contribution in [-0.4, -0.2) is 16.2 Å². The fraction of sp³-hybridized carbons (Fsp3) is 0.118. The van der Waals surface area contributed by atoms with Gasteiger partial charge < -0.3 is 21.9 Å². The number of aromatic amines is 1. The van der Waals surface area contributed by atoms with Gasteiger partial charge in [0.25, 0.3) is 5.56 Å². The average Bonchev–Trinajstić information content (AvgIpc) is 2.57. The standard InChI is InChI=1S/C17H13F4N5O/c1-6-4-10-14(26-15(6)17(19,20)21)11(13(24)16(27)25-10)7-2-3-9(18)12(23)8(7)5-22/h2-5,22H,23-24H2,1H3,(H,25,27). The molecule has 0 aliphatic carbocycles. The first kappa shape index (κ1) is 18.4. The lowest BCUT2D eigenvalue weighted by Crippen LogP contribution is -2.17. The van der Waals surface area contributed by atoms with E-state index in [1.807, 2.05) is 0 Å². The van der Waals surface area contributed by atoms with E-state index in [0.29, 0.717) is 0 Å². The molecule has 0 fully saturated rings. The summed E-state index contributed by atoms with van der Waals surface area (Å²) in [4.78, 5) is 18.2. The molecule has 0 aliphatic rings. The largest absolute Gasteiger partial charge is 0.433 e. The van der Waals surface area contributed by atoms with Crippen LogP contribution in [-0.2, 0) is 6.18 Å². The normalized spacial score (nSPS) is 11.7. The lowest BCUT2D eigenvalue weighted by Gasteiger charge is -2.16. The lowest BCUT2D eigenvalue weighted by molar-refractivity contribution is -0.141. The SMILES string of the molecule is Cc1cc2[nH]c(=O)c(N)c(-c3ccc(F)c(N)c3C=N)c2nc1C(F)(F)F. The lowest BCUT2D eigenvalue weighted by atomic mass is 9.96. The number of hydrogen-bond acceptors (Lipinski definition) is 5. The van der Waals surface area contributed by atoms with E-state index in [9.17, 15) is 22.4 Å². The van der Waals surface area contributed by atoms with Gasteiger partial charge in [0.05, 0.1) is 16.7 Å². The number of fused-ring (bicyclic) bond motifs is 1. The maximum Gasteiger partial charge on any atom is 0.433 e. The molecule has 0 bridgehead atoms. The Morgan fingerprint density at radius 1 is 1.22 bits per heavy atom. The van der Waals surface area contributed by atoms with Crippen molar-refractivity contribution < 1.29 is 17.6 Å². The Labute approximate surface area is 149 Å². The molecule has 3 aromatic rings. The first-order valence-electron chi connectivity index (χ1n) is 7.55. The summed E-state index contributed by atoms with van der Waals surface area (Å²) in [5.41, 5.74) is 8.10. The van der Waals surface area contributed by atoms with Crippen LogP contribution in [0, 0.1) is 18.2 Å². The summed E-state index contributed by atoms with van der Waals surface area (Å²) in [5, 5.41) is 7.48. The van der Waals surface area contributed by atoms with Crippen LogP contribution in [0.15, 0.2) is 23.0 Å². The van der Waals surface area contributed by atoms with Crippen molar-refractivity contribution in [3.8, 4) is 11.1 Å². The van der Waals surface area contributed by atoms with Gasteiger partial charge in [-0.3, -0.25) is 4.79 Å². The minimum Gasteiger partial charge on any atom is -0.396 e. The fourth-order valence-corrected chi connectivity index (χ4v) is 2.87. The maximum absolute atomic E-state index is 13.7. The predicted octanol–water partition coefficient (Wildman–Crippen LogP) is 3.22. The van der Waals surface area contributed by atoms with Crippen LogP contribution < -0.4 is 17.0 Å². The second kappa shape index (κ2) is 6.08. The summed E-state index contributed by atoms with van der Waals surface area (Å²) in [7, 11) is 0. The number of aryl methyl sites for hydroxylation is 1. The van der Waals surface area contributed by atoms with E-state index >= 15 is 0 Å². The molecule has 0 amide bonds. The molecule has 2 aromatic heterocycles. The molecule has 6 nitrogen and oxygen atoms in total. The molecule has 10 heteroatoms. The average molecular weight is 379 g/mol. The first-order valence-corrected chi connectivity index (χ1v) is 7.55. The molecule has 140 valence electrons. The van der Waals surface area contributed by atoms with E-state index in [-0.39, 0.29) is 33.3 Å². The molecule has 0 spiro atoms. The quantitative estimate of drug-likeness (QED) is 0.310. The number of nitrogens with zero attached hydrogens (tertiary/aromatic N) is 1. The predicted molar refractivity (Wildman–Crippen MR) is 94.2 cm³/mol. The van der Waals surface area contributed by atoms with Crippen molar-refractivity contribution in [1.29, 1.82) is 5.41 Å². The van der Waals surface area contributed by atoms with Gasteiger partial charge in [-0.15, -0.1) is 0 Å².